The van der Waals surface area contributed by atoms with Gasteiger partial charge in [-0.05, 0) is 38.3 Å². The molecule has 1 fully saturated rings. The van der Waals surface area contributed by atoms with Crippen LogP contribution < -0.4 is 4.72 Å². The number of carbonyl (C=O) groups excluding carboxylic acids is 1. The quantitative estimate of drug-likeness (QED) is 0.840. The summed E-state index contributed by atoms with van der Waals surface area (Å²) in [7, 11) is -2.03. The number of Topliss-reactive ketones (excluding diaryl/α,β-unsaturated/α-hetero) is 1. The third-order valence-corrected chi connectivity index (χ3v) is 5.10. The highest BCUT2D eigenvalue weighted by atomic mass is 32.2. The average Bonchev–Trinajstić information content (AvgIpc) is 2.85. The van der Waals surface area contributed by atoms with Crippen molar-refractivity contribution < 1.29 is 17.9 Å². The predicted molar refractivity (Wildman–Crippen MR) is 75.2 cm³/mol. The van der Waals surface area contributed by atoms with Crippen molar-refractivity contribution in [2.75, 3.05) is 7.11 Å². The first-order valence-corrected chi connectivity index (χ1v) is 8.08. The third kappa shape index (κ3) is 3.26. The van der Waals surface area contributed by atoms with Crippen LogP contribution in [-0.4, -0.2) is 33.5 Å². The van der Waals surface area contributed by atoms with E-state index < -0.39 is 10.0 Å². The molecule has 1 aliphatic rings. The Kier molecular flexibility index (Phi) is 4.57. The van der Waals surface area contributed by atoms with Gasteiger partial charge in [0.2, 0.25) is 10.0 Å². The zero-order valence-corrected chi connectivity index (χ0v) is 12.4. The molecule has 0 spiro atoms. The molecule has 1 N–H and O–H groups in total. The van der Waals surface area contributed by atoms with E-state index in [-0.39, 0.29) is 22.8 Å². The number of rotatable bonds is 5. The fourth-order valence-electron chi connectivity index (χ4n) is 2.49. The number of hydrogen-bond acceptors (Lipinski definition) is 4. The Balaban J connectivity index is 2.22. The first kappa shape index (κ1) is 15.2. The molecular weight excluding hydrogens is 278 g/mol. The highest BCUT2D eigenvalue weighted by Crippen LogP contribution is 2.23. The van der Waals surface area contributed by atoms with E-state index in [0.717, 1.165) is 19.3 Å². The Hall–Kier alpha value is -1.24. The zero-order valence-electron chi connectivity index (χ0n) is 11.6. The third-order valence-electron chi connectivity index (χ3n) is 3.61. The van der Waals surface area contributed by atoms with Crippen LogP contribution in [0.15, 0.2) is 29.2 Å². The molecule has 1 saturated carbocycles. The number of methoxy groups -OCH3 is 1. The topological polar surface area (TPSA) is 72.5 Å². The summed E-state index contributed by atoms with van der Waals surface area (Å²) in [6.45, 7) is 1.41. The summed E-state index contributed by atoms with van der Waals surface area (Å²) in [6.07, 6.45) is 2.49. The van der Waals surface area contributed by atoms with Gasteiger partial charge in [0, 0.05) is 18.7 Å². The van der Waals surface area contributed by atoms with Crippen molar-refractivity contribution in [1.29, 1.82) is 0 Å². The van der Waals surface area contributed by atoms with E-state index in [1.807, 2.05) is 0 Å². The van der Waals surface area contributed by atoms with Crippen molar-refractivity contribution in [2.24, 2.45) is 0 Å². The van der Waals surface area contributed by atoms with Gasteiger partial charge in [0.25, 0.3) is 0 Å². The van der Waals surface area contributed by atoms with Crippen molar-refractivity contribution in [3.05, 3.63) is 29.8 Å². The van der Waals surface area contributed by atoms with Gasteiger partial charge in [0.05, 0.1) is 11.0 Å². The average molecular weight is 297 g/mol. The molecule has 2 atom stereocenters. The van der Waals surface area contributed by atoms with Crippen LogP contribution in [0.3, 0.4) is 0 Å². The number of ketones is 1. The van der Waals surface area contributed by atoms with Gasteiger partial charge >= 0.3 is 0 Å². The number of benzene rings is 1. The molecule has 0 aromatic heterocycles. The molecule has 0 radical (unpaired) electrons. The van der Waals surface area contributed by atoms with Crippen LogP contribution in [-0.2, 0) is 14.8 Å². The summed E-state index contributed by atoms with van der Waals surface area (Å²) in [5.74, 6) is -0.155. The van der Waals surface area contributed by atoms with Crippen LogP contribution in [0.1, 0.15) is 36.5 Å². The van der Waals surface area contributed by atoms with Gasteiger partial charge in [-0.25, -0.2) is 13.1 Å². The summed E-state index contributed by atoms with van der Waals surface area (Å²) in [5, 5.41) is 0. The normalized spacial score (nSPS) is 22.9. The molecule has 5 nitrogen and oxygen atoms in total. The van der Waals surface area contributed by atoms with Gasteiger partial charge in [-0.15, -0.1) is 0 Å². The lowest BCUT2D eigenvalue weighted by Crippen LogP contribution is -2.40. The number of carbonyl (C=O) groups is 1. The lowest BCUT2D eigenvalue weighted by atomic mass is 10.2. The van der Waals surface area contributed by atoms with E-state index in [1.165, 1.54) is 19.1 Å². The maximum atomic E-state index is 12.3. The van der Waals surface area contributed by atoms with Gasteiger partial charge < -0.3 is 4.74 Å². The van der Waals surface area contributed by atoms with Gasteiger partial charge in [0.15, 0.2) is 5.78 Å². The van der Waals surface area contributed by atoms with Gasteiger partial charge in [0.1, 0.15) is 0 Å². The molecule has 6 heteroatoms. The van der Waals surface area contributed by atoms with E-state index in [9.17, 15) is 13.2 Å². The van der Waals surface area contributed by atoms with Crippen LogP contribution >= 0.6 is 0 Å². The summed E-state index contributed by atoms with van der Waals surface area (Å²) >= 11 is 0. The number of sulfonamides is 1. The van der Waals surface area contributed by atoms with Crippen LogP contribution in [0.25, 0.3) is 0 Å². The SMILES string of the molecule is COC1CCCC1NS(=O)(=O)c1cccc(C(C)=O)c1. The molecule has 1 aromatic rings. The Labute approximate surface area is 119 Å². The van der Waals surface area contributed by atoms with E-state index in [4.69, 9.17) is 4.74 Å². The van der Waals surface area contributed by atoms with Gasteiger partial charge in [-0.1, -0.05) is 12.1 Å². The maximum Gasteiger partial charge on any atom is 0.240 e. The Morgan fingerprint density at radius 2 is 2.10 bits per heavy atom. The van der Waals surface area contributed by atoms with Crippen LogP contribution in [0, 0.1) is 0 Å². The maximum absolute atomic E-state index is 12.3. The predicted octanol–water partition coefficient (Wildman–Crippen LogP) is 1.73. The Morgan fingerprint density at radius 3 is 2.75 bits per heavy atom. The second kappa shape index (κ2) is 6.03. The van der Waals surface area contributed by atoms with Crippen molar-refractivity contribution in [3.8, 4) is 0 Å². The number of nitrogens with one attached hydrogen (secondary N) is 1. The Bertz CT molecular complexity index is 597. The molecule has 0 heterocycles. The standard InChI is InChI=1S/C14H19NO4S/c1-10(16)11-5-3-6-12(9-11)20(17,18)15-13-7-4-8-14(13)19-2/h3,5-6,9,13-15H,4,7-8H2,1-2H3. The molecule has 0 bridgehead atoms. The minimum Gasteiger partial charge on any atom is -0.380 e. The first-order chi connectivity index (χ1) is 9.44. The minimum atomic E-state index is -3.62. The molecule has 0 aliphatic heterocycles. The monoisotopic (exact) mass is 297 g/mol. The lowest BCUT2D eigenvalue weighted by molar-refractivity contribution is 0.0916. The van der Waals surface area contributed by atoms with Crippen molar-refractivity contribution >= 4 is 15.8 Å². The molecule has 1 aromatic carbocycles. The van der Waals surface area contributed by atoms with Crippen LogP contribution in [0.5, 0.6) is 0 Å². The highest BCUT2D eigenvalue weighted by Gasteiger charge is 2.31. The highest BCUT2D eigenvalue weighted by molar-refractivity contribution is 7.89. The second-order valence-corrected chi connectivity index (χ2v) is 6.73. The van der Waals surface area contributed by atoms with Crippen molar-refractivity contribution in [2.45, 2.75) is 43.2 Å². The smallest absolute Gasteiger partial charge is 0.240 e. The largest absolute Gasteiger partial charge is 0.380 e. The van der Waals surface area contributed by atoms with Gasteiger partial charge in [-0.3, -0.25) is 4.79 Å². The van der Waals surface area contributed by atoms with Gasteiger partial charge in [-0.2, -0.15) is 0 Å². The van der Waals surface area contributed by atoms with E-state index in [2.05, 4.69) is 4.72 Å². The van der Waals surface area contributed by atoms with Crippen molar-refractivity contribution in [3.63, 3.8) is 0 Å². The minimum absolute atomic E-state index is 0.0826. The molecule has 2 unspecified atom stereocenters. The van der Waals surface area contributed by atoms with Crippen LogP contribution in [0.2, 0.25) is 0 Å². The fourth-order valence-corrected chi connectivity index (χ4v) is 3.84. The summed E-state index contributed by atoms with van der Waals surface area (Å²) in [6, 6.07) is 5.88. The molecule has 20 heavy (non-hydrogen) atoms. The molecule has 110 valence electrons. The van der Waals surface area contributed by atoms with E-state index >= 15 is 0 Å². The first-order valence-electron chi connectivity index (χ1n) is 6.60. The second-order valence-electron chi connectivity index (χ2n) is 5.02. The zero-order chi connectivity index (χ0) is 14.8. The van der Waals surface area contributed by atoms with E-state index in [0.29, 0.717) is 5.56 Å². The molecule has 0 saturated heterocycles. The summed E-state index contributed by atoms with van der Waals surface area (Å²) in [4.78, 5) is 11.4. The van der Waals surface area contributed by atoms with Crippen molar-refractivity contribution in [1.82, 2.24) is 4.72 Å². The van der Waals surface area contributed by atoms with E-state index in [1.54, 1.807) is 19.2 Å². The molecule has 2 rings (SSSR count). The number of ether oxygens (including phenoxy) is 1. The lowest BCUT2D eigenvalue weighted by Gasteiger charge is -2.19. The fraction of sp³-hybridized carbons (Fsp3) is 0.500. The summed E-state index contributed by atoms with van der Waals surface area (Å²) in [5.41, 5.74) is 0.391. The number of hydrogen-bond donors (Lipinski definition) is 1. The molecular formula is C14H19NO4S. The summed E-state index contributed by atoms with van der Waals surface area (Å²) < 4.78 is 32.7. The molecule has 0 amide bonds. The Morgan fingerprint density at radius 1 is 1.35 bits per heavy atom. The van der Waals surface area contributed by atoms with Crippen LogP contribution in [0.4, 0.5) is 0 Å². The molecule has 1 aliphatic carbocycles.